The first-order chi connectivity index (χ1) is 9.15. The molecular weight excluding hydrogens is 268 g/mol. The number of imidazole rings is 1. The molecular formula is C12H9ClN4O2. The molecule has 0 bridgehead atoms. The molecule has 0 spiro atoms. The van der Waals surface area contributed by atoms with Gasteiger partial charge in [0.15, 0.2) is 0 Å². The van der Waals surface area contributed by atoms with Crippen LogP contribution < -0.4 is 0 Å². The van der Waals surface area contributed by atoms with Gasteiger partial charge in [0.2, 0.25) is 5.82 Å². The maximum absolute atomic E-state index is 9.81. The number of rotatable bonds is 2. The molecule has 0 saturated heterocycles. The number of phenols is 1. The van der Waals surface area contributed by atoms with E-state index in [2.05, 4.69) is 15.1 Å². The molecule has 1 N–H and O–H groups in total. The van der Waals surface area contributed by atoms with E-state index >= 15 is 0 Å². The van der Waals surface area contributed by atoms with Crippen LogP contribution in [0.2, 0.25) is 5.02 Å². The molecule has 6 nitrogen and oxygen atoms in total. The van der Waals surface area contributed by atoms with E-state index in [4.69, 9.17) is 16.1 Å². The van der Waals surface area contributed by atoms with Crippen molar-refractivity contribution in [1.29, 1.82) is 0 Å². The second-order valence-corrected chi connectivity index (χ2v) is 4.41. The Morgan fingerprint density at radius 3 is 2.89 bits per heavy atom. The van der Waals surface area contributed by atoms with Gasteiger partial charge in [-0.3, -0.25) is 0 Å². The van der Waals surface area contributed by atoms with E-state index in [1.54, 1.807) is 29.2 Å². The average Bonchev–Trinajstić information content (AvgIpc) is 2.97. The molecule has 2 heterocycles. The lowest BCUT2D eigenvalue weighted by Crippen LogP contribution is -1.90. The summed E-state index contributed by atoms with van der Waals surface area (Å²) >= 11 is 5.77. The first-order valence-corrected chi connectivity index (χ1v) is 5.82. The van der Waals surface area contributed by atoms with Crippen molar-refractivity contribution in [1.82, 2.24) is 19.7 Å². The van der Waals surface area contributed by atoms with E-state index in [9.17, 15) is 5.11 Å². The van der Waals surface area contributed by atoms with Crippen LogP contribution in [-0.2, 0) is 7.05 Å². The van der Waals surface area contributed by atoms with Gasteiger partial charge in [0.05, 0.1) is 18.1 Å². The Hall–Kier alpha value is -2.34. The number of hydrogen-bond acceptors (Lipinski definition) is 5. The van der Waals surface area contributed by atoms with Crippen LogP contribution in [0.25, 0.3) is 23.0 Å². The lowest BCUT2D eigenvalue weighted by Gasteiger charge is -1.98. The summed E-state index contributed by atoms with van der Waals surface area (Å²) in [7, 11) is 1.83. The highest BCUT2D eigenvalue weighted by Crippen LogP contribution is 2.31. The third kappa shape index (κ3) is 2.06. The standard InChI is InChI=1S/C12H9ClN4O2/c1-17-6-14-5-9(17)11-15-12(19-16-11)8-3-2-7(13)4-10(8)18/h2-6,18H,1H3. The van der Waals surface area contributed by atoms with Crippen LogP contribution in [0.1, 0.15) is 0 Å². The molecule has 0 aliphatic rings. The Morgan fingerprint density at radius 2 is 2.21 bits per heavy atom. The zero-order valence-electron chi connectivity index (χ0n) is 9.91. The van der Waals surface area contributed by atoms with E-state index in [0.717, 1.165) is 5.69 Å². The first kappa shape index (κ1) is 11.7. The van der Waals surface area contributed by atoms with E-state index < -0.39 is 0 Å². The summed E-state index contributed by atoms with van der Waals surface area (Å²) in [6.45, 7) is 0. The molecule has 0 saturated carbocycles. The number of halogens is 1. The second-order valence-electron chi connectivity index (χ2n) is 3.97. The van der Waals surface area contributed by atoms with Crippen molar-refractivity contribution in [3.05, 3.63) is 35.7 Å². The summed E-state index contributed by atoms with van der Waals surface area (Å²) < 4.78 is 6.92. The Balaban J connectivity index is 2.04. The van der Waals surface area contributed by atoms with Gasteiger partial charge in [-0.05, 0) is 18.2 Å². The summed E-state index contributed by atoms with van der Waals surface area (Å²) in [5.41, 5.74) is 1.16. The molecule has 1 aromatic carbocycles. The second kappa shape index (κ2) is 4.40. The summed E-state index contributed by atoms with van der Waals surface area (Å²) in [4.78, 5) is 8.22. The number of aromatic hydroxyl groups is 1. The van der Waals surface area contributed by atoms with Gasteiger partial charge < -0.3 is 14.2 Å². The smallest absolute Gasteiger partial charge is 0.262 e. The van der Waals surface area contributed by atoms with Crippen LogP contribution in [0.4, 0.5) is 0 Å². The highest BCUT2D eigenvalue weighted by Gasteiger charge is 2.15. The van der Waals surface area contributed by atoms with Gasteiger partial charge in [-0.1, -0.05) is 16.8 Å². The molecule has 0 atom stereocenters. The summed E-state index contributed by atoms with van der Waals surface area (Å²) in [6.07, 6.45) is 3.28. The molecule has 0 unspecified atom stereocenters. The molecule has 2 aromatic heterocycles. The van der Waals surface area contributed by atoms with Crippen molar-refractivity contribution in [2.45, 2.75) is 0 Å². The van der Waals surface area contributed by atoms with Gasteiger partial charge in [-0.2, -0.15) is 4.98 Å². The van der Waals surface area contributed by atoms with Crippen LogP contribution in [0.15, 0.2) is 35.2 Å². The van der Waals surface area contributed by atoms with Gasteiger partial charge in [0.25, 0.3) is 5.89 Å². The van der Waals surface area contributed by atoms with Gasteiger partial charge >= 0.3 is 0 Å². The highest BCUT2D eigenvalue weighted by molar-refractivity contribution is 6.30. The van der Waals surface area contributed by atoms with Crippen molar-refractivity contribution in [2.24, 2.45) is 7.05 Å². The zero-order chi connectivity index (χ0) is 13.4. The molecule has 96 valence electrons. The van der Waals surface area contributed by atoms with Gasteiger partial charge in [-0.15, -0.1) is 0 Å². The minimum Gasteiger partial charge on any atom is -0.507 e. The summed E-state index contributed by atoms with van der Waals surface area (Å²) in [5, 5.41) is 14.1. The fraction of sp³-hybridized carbons (Fsp3) is 0.0833. The van der Waals surface area contributed by atoms with E-state index in [1.807, 2.05) is 7.05 Å². The highest BCUT2D eigenvalue weighted by atomic mass is 35.5. The Labute approximate surface area is 113 Å². The molecule has 0 aliphatic carbocycles. The predicted molar refractivity (Wildman–Crippen MR) is 68.6 cm³/mol. The van der Waals surface area contributed by atoms with Gasteiger partial charge in [0, 0.05) is 12.1 Å². The molecule has 3 aromatic rings. The predicted octanol–water partition coefficient (Wildman–Crippen LogP) is 2.50. The number of aryl methyl sites for hydroxylation is 1. The van der Waals surface area contributed by atoms with Gasteiger partial charge in [-0.25, -0.2) is 4.98 Å². The molecule has 3 rings (SSSR count). The number of benzene rings is 1. The minimum absolute atomic E-state index is 0.00675. The SMILES string of the molecule is Cn1cncc1-c1noc(-c2ccc(Cl)cc2O)n1. The summed E-state index contributed by atoms with van der Waals surface area (Å²) in [5.74, 6) is 0.627. The van der Waals surface area contributed by atoms with Crippen molar-refractivity contribution in [3.63, 3.8) is 0 Å². The lowest BCUT2D eigenvalue weighted by atomic mass is 10.2. The van der Waals surface area contributed by atoms with Crippen LogP contribution >= 0.6 is 11.6 Å². The van der Waals surface area contributed by atoms with Crippen LogP contribution in [0.3, 0.4) is 0 Å². The molecule has 0 radical (unpaired) electrons. The summed E-state index contributed by atoms with van der Waals surface area (Å²) in [6, 6.07) is 4.69. The Bertz CT molecular complexity index is 735. The largest absolute Gasteiger partial charge is 0.507 e. The van der Waals surface area contributed by atoms with Crippen molar-refractivity contribution in [2.75, 3.05) is 0 Å². The first-order valence-electron chi connectivity index (χ1n) is 5.44. The number of aromatic nitrogens is 4. The van der Waals surface area contributed by atoms with Crippen LogP contribution in [0.5, 0.6) is 5.75 Å². The van der Waals surface area contributed by atoms with Gasteiger partial charge in [0.1, 0.15) is 11.4 Å². The van der Waals surface area contributed by atoms with Crippen molar-refractivity contribution < 1.29 is 9.63 Å². The van der Waals surface area contributed by atoms with E-state index in [-0.39, 0.29) is 11.6 Å². The number of hydrogen-bond donors (Lipinski definition) is 1. The lowest BCUT2D eigenvalue weighted by molar-refractivity contribution is 0.425. The van der Waals surface area contributed by atoms with E-state index in [0.29, 0.717) is 16.4 Å². The van der Waals surface area contributed by atoms with Crippen molar-refractivity contribution in [3.8, 4) is 28.7 Å². The molecule has 19 heavy (non-hydrogen) atoms. The van der Waals surface area contributed by atoms with E-state index in [1.165, 1.54) is 6.07 Å². The zero-order valence-corrected chi connectivity index (χ0v) is 10.7. The molecule has 0 fully saturated rings. The fourth-order valence-electron chi connectivity index (χ4n) is 1.70. The van der Waals surface area contributed by atoms with Crippen LogP contribution in [-0.4, -0.2) is 24.8 Å². The maximum Gasteiger partial charge on any atom is 0.262 e. The Morgan fingerprint density at radius 1 is 1.37 bits per heavy atom. The third-order valence-electron chi connectivity index (χ3n) is 2.66. The van der Waals surface area contributed by atoms with Crippen molar-refractivity contribution >= 4 is 11.6 Å². The topological polar surface area (TPSA) is 77.0 Å². The van der Waals surface area contributed by atoms with Crippen LogP contribution in [0, 0.1) is 0 Å². The molecule has 0 amide bonds. The number of phenolic OH excluding ortho intramolecular Hbond substituents is 1. The monoisotopic (exact) mass is 276 g/mol. The average molecular weight is 277 g/mol. The normalized spacial score (nSPS) is 10.8. The maximum atomic E-state index is 9.81. The third-order valence-corrected chi connectivity index (χ3v) is 2.90. The quantitative estimate of drug-likeness (QED) is 0.778. The minimum atomic E-state index is -0.00675. The molecule has 7 heteroatoms. The fourth-order valence-corrected chi connectivity index (χ4v) is 1.86. The number of nitrogens with zero attached hydrogens (tertiary/aromatic N) is 4. The molecule has 0 aliphatic heterocycles. The Kier molecular flexibility index (Phi) is 2.72.